The molecule has 2 aromatic carbocycles. The van der Waals surface area contributed by atoms with Gasteiger partial charge in [-0.1, -0.05) is 30.3 Å². The average molecular weight is 392 g/mol. The minimum atomic E-state index is -1.72. The number of aromatic hydroxyl groups is 2. The van der Waals surface area contributed by atoms with E-state index < -0.39 is 54.6 Å². The predicted molar refractivity (Wildman–Crippen MR) is 94.0 cm³/mol. The van der Waals surface area contributed by atoms with Gasteiger partial charge in [0.05, 0.1) is 6.61 Å². The smallest absolute Gasteiger partial charge is 0.229 e. The van der Waals surface area contributed by atoms with Gasteiger partial charge in [-0.05, 0) is 0 Å². The van der Waals surface area contributed by atoms with Gasteiger partial charge in [-0.25, -0.2) is 0 Å². The lowest BCUT2D eigenvalue weighted by Crippen LogP contribution is -2.60. The highest BCUT2D eigenvalue weighted by Gasteiger charge is 2.45. The first-order valence-corrected chi connectivity index (χ1v) is 8.46. The van der Waals surface area contributed by atoms with E-state index in [1.165, 1.54) is 12.1 Å². The van der Waals surface area contributed by atoms with Crippen molar-refractivity contribution in [3.05, 3.63) is 53.6 Å². The second kappa shape index (κ2) is 8.13. The van der Waals surface area contributed by atoms with Crippen LogP contribution in [-0.2, 0) is 4.74 Å². The van der Waals surface area contributed by atoms with Crippen LogP contribution in [0.3, 0.4) is 0 Å². The van der Waals surface area contributed by atoms with E-state index in [0.717, 1.165) is 12.1 Å². The van der Waals surface area contributed by atoms with Crippen LogP contribution in [0.5, 0.6) is 17.2 Å². The summed E-state index contributed by atoms with van der Waals surface area (Å²) in [5.74, 6) is -1.90. The molecule has 9 nitrogen and oxygen atoms in total. The van der Waals surface area contributed by atoms with Gasteiger partial charge in [-0.2, -0.15) is 0 Å². The maximum absolute atomic E-state index is 12.8. The standard InChI is InChI=1S/C19H20O9/c20-8-13-16(24)17(25)18(26)19(28-13)27-12-7-10(21)6-11(22)14(12)15(23)9-4-2-1-3-5-9/h1-7,13,16-22,24-26H,8H2/t13-,16-,17+,18-,19-/m1/s1. The third-order valence-electron chi connectivity index (χ3n) is 4.42. The highest BCUT2D eigenvalue weighted by Crippen LogP contribution is 2.36. The molecule has 0 saturated carbocycles. The summed E-state index contributed by atoms with van der Waals surface area (Å²) in [7, 11) is 0. The molecular formula is C19H20O9. The van der Waals surface area contributed by atoms with E-state index in [1.54, 1.807) is 18.2 Å². The first kappa shape index (κ1) is 20.1. The summed E-state index contributed by atoms with van der Waals surface area (Å²) in [6.07, 6.45) is -7.79. The van der Waals surface area contributed by atoms with Crippen molar-refractivity contribution in [2.45, 2.75) is 30.7 Å². The Bertz CT molecular complexity index is 837. The Morgan fingerprint density at radius 1 is 1.00 bits per heavy atom. The van der Waals surface area contributed by atoms with Crippen molar-refractivity contribution in [3.63, 3.8) is 0 Å². The minimum Gasteiger partial charge on any atom is -0.508 e. The van der Waals surface area contributed by atoms with Gasteiger partial charge in [0, 0.05) is 17.7 Å². The molecule has 28 heavy (non-hydrogen) atoms. The normalized spacial score (nSPS) is 27.4. The Labute approximate surface area is 159 Å². The molecule has 1 aliphatic heterocycles. The molecule has 0 bridgehead atoms. The van der Waals surface area contributed by atoms with Gasteiger partial charge in [0.25, 0.3) is 0 Å². The SMILES string of the molecule is O=C(c1ccccc1)c1c(O)cc(O)cc1O[C@@H]1O[C@H](CO)[C@@H](O)[C@H](O)[C@H]1O. The first-order valence-electron chi connectivity index (χ1n) is 8.46. The Balaban J connectivity index is 1.97. The number of phenols is 2. The number of aliphatic hydroxyl groups excluding tert-OH is 4. The molecule has 9 heteroatoms. The lowest BCUT2D eigenvalue weighted by Gasteiger charge is -2.39. The van der Waals surface area contributed by atoms with Gasteiger partial charge in [0.15, 0.2) is 0 Å². The van der Waals surface area contributed by atoms with E-state index >= 15 is 0 Å². The van der Waals surface area contributed by atoms with Crippen LogP contribution in [0, 0.1) is 0 Å². The number of ether oxygens (including phenoxy) is 2. The third kappa shape index (κ3) is 3.79. The Morgan fingerprint density at radius 3 is 2.32 bits per heavy atom. The molecular weight excluding hydrogens is 372 g/mol. The molecule has 0 unspecified atom stereocenters. The van der Waals surface area contributed by atoms with Crippen LogP contribution in [-0.4, -0.2) is 73.7 Å². The van der Waals surface area contributed by atoms with E-state index in [0.29, 0.717) is 0 Å². The molecule has 0 amide bonds. The predicted octanol–water partition coefficient (Wildman–Crippen LogP) is -0.493. The lowest BCUT2D eigenvalue weighted by atomic mass is 9.99. The molecule has 1 heterocycles. The zero-order chi connectivity index (χ0) is 20.4. The van der Waals surface area contributed by atoms with Crippen LogP contribution in [0.2, 0.25) is 0 Å². The number of aliphatic hydroxyl groups is 4. The molecule has 2 aromatic rings. The van der Waals surface area contributed by atoms with Crippen LogP contribution >= 0.6 is 0 Å². The number of benzene rings is 2. The topological polar surface area (TPSA) is 157 Å². The maximum atomic E-state index is 12.8. The van der Waals surface area contributed by atoms with E-state index in [-0.39, 0.29) is 16.9 Å². The fourth-order valence-corrected chi connectivity index (χ4v) is 2.93. The lowest BCUT2D eigenvalue weighted by molar-refractivity contribution is -0.277. The number of ketones is 1. The van der Waals surface area contributed by atoms with Crippen molar-refractivity contribution in [2.24, 2.45) is 0 Å². The number of carbonyl (C=O) groups excluding carboxylic acids is 1. The largest absolute Gasteiger partial charge is 0.508 e. The first-order chi connectivity index (χ1) is 13.3. The van der Waals surface area contributed by atoms with Crippen LogP contribution < -0.4 is 4.74 Å². The van der Waals surface area contributed by atoms with Crippen molar-refractivity contribution < 1.29 is 44.9 Å². The van der Waals surface area contributed by atoms with Gasteiger partial charge >= 0.3 is 0 Å². The van der Waals surface area contributed by atoms with Gasteiger partial charge in [-0.3, -0.25) is 4.79 Å². The number of hydrogen-bond donors (Lipinski definition) is 6. The van der Waals surface area contributed by atoms with Crippen molar-refractivity contribution >= 4 is 5.78 Å². The summed E-state index contributed by atoms with van der Waals surface area (Å²) < 4.78 is 10.7. The van der Waals surface area contributed by atoms with Crippen molar-refractivity contribution in [3.8, 4) is 17.2 Å². The van der Waals surface area contributed by atoms with Crippen molar-refractivity contribution in [1.82, 2.24) is 0 Å². The van der Waals surface area contributed by atoms with Crippen LogP contribution in [0.1, 0.15) is 15.9 Å². The number of carbonyl (C=O) groups is 1. The summed E-state index contributed by atoms with van der Waals surface area (Å²) in [5, 5.41) is 59.1. The number of rotatable bonds is 5. The molecule has 6 N–H and O–H groups in total. The molecule has 1 fully saturated rings. The molecule has 150 valence electrons. The van der Waals surface area contributed by atoms with Crippen molar-refractivity contribution in [2.75, 3.05) is 6.61 Å². The fourth-order valence-electron chi connectivity index (χ4n) is 2.93. The Kier molecular flexibility index (Phi) is 5.82. The number of hydrogen-bond acceptors (Lipinski definition) is 9. The summed E-state index contributed by atoms with van der Waals surface area (Å²) in [4.78, 5) is 12.8. The maximum Gasteiger partial charge on any atom is 0.229 e. The Hall–Kier alpha value is -2.69. The molecule has 3 rings (SSSR count). The molecule has 0 spiro atoms. The summed E-state index contributed by atoms with van der Waals surface area (Å²) >= 11 is 0. The zero-order valence-corrected chi connectivity index (χ0v) is 14.5. The minimum absolute atomic E-state index is 0.238. The van der Waals surface area contributed by atoms with Gasteiger partial charge < -0.3 is 40.1 Å². The Morgan fingerprint density at radius 2 is 1.68 bits per heavy atom. The molecule has 5 atom stereocenters. The highest BCUT2D eigenvalue weighted by atomic mass is 16.7. The second-order valence-corrected chi connectivity index (χ2v) is 6.35. The second-order valence-electron chi connectivity index (χ2n) is 6.35. The third-order valence-corrected chi connectivity index (χ3v) is 4.42. The van der Waals surface area contributed by atoms with Crippen LogP contribution in [0.15, 0.2) is 42.5 Å². The van der Waals surface area contributed by atoms with Crippen LogP contribution in [0.4, 0.5) is 0 Å². The van der Waals surface area contributed by atoms with Crippen LogP contribution in [0.25, 0.3) is 0 Å². The molecule has 0 aromatic heterocycles. The average Bonchev–Trinajstić information content (AvgIpc) is 2.68. The number of phenolic OH excluding ortho intramolecular Hbond substituents is 2. The summed E-state index contributed by atoms with van der Waals surface area (Å²) in [6, 6.07) is 10.00. The van der Waals surface area contributed by atoms with E-state index in [1.807, 2.05) is 0 Å². The summed E-state index contributed by atoms with van der Waals surface area (Å²) in [5.41, 5.74) is -0.0527. The zero-order valence-electron chi connectivity index (χ0n) is 14.5. The quantitative estimate of drug-likeness (QED) is 0.369. The summed E-state index contributed by atoms with van der Waals surface area (Å²) in [6.45, 7) is -0.661. The molecule has 1 saturated heterocycles. The molecule has 1 aliphatic rings. The van der Waals surface area contributed by atoms with Gasteiger partial charge in [0.1, 0.15) is 47.2 Å². The van der Waals surface area contributed by atoms with E-state index in [4.69, 9.17) is 9.47 Å². The van der Waals surface area contributed by atoms with Crippen molar-refractivity contribution in [1.29, 1.82) is 0 Å². The van der Waals surface area contributed by atoms with E-state index in [9.17, 15) is 35.4 Å². The molecule has 0 radical (unpaired) electrons. The monoisotopic (exact) mass is 392 g/mol. The fraction of sp³-hybridized carbons (Fsp3) is 0.316. The van der Waals surface area contributed by atoms with Gasteiger partial charge in [-0.15, -0.1) is 0 Å². The van der Waals surface area contributed by atoms with Gasteiger partial charge in [0.2, 0.25) is 12.1 Å². The highest BCUT2D eigenvalue weighted by molar-refractivity contribution is 6.12. The van der Waals surface area contributed by atoms with E-state index in [2.05, 4.69) is 0 Å². The molecule has 0 aliphatic carbocycles.